The van der Waals surface area contributed by atoms with E-state index in [9.17, 15) is 19.8 Å². The molecule has 2 heterocycles. The number of pyridine rings is 1. The van der Waals surface area contributed by atoms with Gasteiger partial charge in [0.2, 0.25) is 0 Å². The molecule has 1 aliphatic heterocycles. The van der Waals surface area contributed by atoms with E-state index in [4.69, 9.17) is 0 Å². The quantitative estimate of drug-likeness (QED) is 0.819. The lowest BCUT2D eigenvalue weighted by atomic mass is 9.92. The highest BCUT2D eigenvalue weighted by molar-refractivity contribution is 6.09. The second kappa shape index (κ2) is 7.61. The Bertz CT molecular complexity index is 890. The summed E-state index contributed by atoms with van der Waals surface area (Å²) in [5.74, 6) is -1.29. The van der Waals surface area contributed by atoms with E-state index < -0.39 is 17.7 Å². The van der Waals surface area contributed by atoms with Crippen LogP contribution >= 0.6 is 0 Å². The molecule has 3 rings (SSSR count). The lowest BCUT2D eigenvalue weighted by Gasteiger charge is -2.27. The number of aliphatic hydroxyl groups excluding tert-OH is 1. The molecule has 6 heteroatoms. The van der Waals surface area contributed by atoms with Crippen LogP contribution in [0.3, 0.4) is 0 Å². The van der Waals surface area contributed by atoms with Gasteiger partial charge >= 0.3 is 0 Å². The molecule has 0 spiro atoms. The molecule has 0 saturated heterocycles. The minimum absolute atomic E-state index is 0.0276. The Morgan fingerprint density at radius 3 is 2.59 bits per heavy atom. The number of aromatic hydroxyl groups is 1. The van der Waals surface area contributed by atoms with Gasteiger partial charge in [0.15, 0.2) is 11.5 Å². The number of rotatable bonds is 6. The molecule has 27 heavy (non-hydrogen) atoms. The third-order valence-corrected chi connectivity index (χ3v) is 4.44. The molecule has 0 saturated carbocycles. The smallest absolute Gasteiger partial charge is 0.290 e. The lowest BCUT2D eigenvalue weighted by Crippen LogP contribution is -2.31. The molecular formula is C21H22N2O4. The number of Topliss-reactive ketones (excluding diaryl/α,β-unsaturated/α-hetero) is 1. The van der Waals surface area contributed by atoms with Gasteiger partial charge in [-0.15, -0.1) is 0 Å². The number of ketones is 1. The second-order valence-corrected chi connectivity index (χ2v) is 7.04. The molecule has 2 N–H and O–H groups in total. The summed E-state index contributed by atoms with van der Waals surface area (Å²) in [5, 5.41) is 20.3. The molecule has 0 radical (unpaired) electrons. The summed E-state index contributed by atoms with van der Waals surface area (Å²) in [6, 6.07) is 11.0. The van der Waals surface area contributed by atoms with Crippen LogP contribution in [-0.4, -0.2) is 31.8 Å². The van der Waals surface area contributed by atoms with E-state index in [1.807, 2.05) is 19.9 Å². The number of carbonyl (C=O) groups is 2. The Kier molecular flexibility index (Phi) is 5.26. The van der Waals surface area contributed by atoms with Gasteiger partial charge in [-0.1, -0.05) is 32.0 Å². The van der Waals surface area contributed by atoms with Crippen molar-refractivity contribution >= 4 is 11.7 Å². The zero-order valence-corrected chi connectivity index (χ0v) is 15.3. The molecule has 0 bridgehead atoms. The number of nitrogens with zero attached hydrogens (tertiary/aromatic N) is 2. The first kappa shape index (κ1) is 18.6. The van der Waals surface area contributed by atoms with Gasteiger partial charge in [0.1, 0.15) is 5.75 Å². The summed E-state index contributed by atoms with van der Waals surface area (Å²) in [6.45, 7) is 3.95. The number of aliphatic hydroxyl groups is 1. The van der Waals surface area contributed by atoms with Crippen LogP contribution in [0, 0.1) is 5.92 Å². The highest BCUT2D eigenvalue weighted by Gasteiger charge is 2.43. The molecule has 1 aromatic carbocycles. The number of phenols is 1. The van der Waals surface area contributed by atoms with Crippen molar-refractivity contribution in [1.29, 1.82) is 0 Å². The van der Waals surface area contributed by atoms with E-state index in [1.54, 1.807) is 30.5 Å². The van der Waals surface area contributed by atoms with Crippen LogP contribution in [0.25, 0.3) is 0 Å². The Labute approximate surface area is 157 Å². The van der Waals surface area contributed by atoms with Crippen LogP contribution in [-0.2, 0) is 16.1 Å². The van der Waals surface area contributed by atoms with E-state index in [2.05, 4.69) is 4.98 Å². The maximum absolute atomic E-state index is 12.8. The van der Waals surface area contributed by atoms with Crippen LogP contribution in [0.2, 0.25) is 0 Å². The van der Waals surface area contributed by atoms with Crippen LogP contribution in [0.1, 0.15) is 37.6 Å². The monoisotopic (exact) mass is 366 g/mol. The van der Waals surface area contributed by atoms with Crippen LogP contribution < -0.4 is 0 Å². The highest BCUT2D eigenvalue weighted by atomic mass is 16.3. The number of aromatic nitrogens is 1. The van der Waals surface area contributed by atoms with E-state index in [0.29, 0.717) is 11.3 Å². The van der Waals surface area contributed by atoms with Gasteiger partial charge in [0.05, 0.1) is 23.9 Å². The fraction of sp³-hybridized carbons (Fsp3) is 0.286. The van der Waals surface area contributed by atoms with E-state index in [1.165, 1.54) is 17.0 Å². The average Bonchev–Trinajstić information content (AvgIpc) is 2.87. The minimum atomic E-state index is -0.766. The summed E-state index contributed by atoms with van der Waals surface area (Å²) in [5.41, 5.74) is 1.28. The molecule has 1 amide bonds. The average molecular weight is 366 g/mol. The van der Waals surface area contributed by atoms with Gasteiger partial charge in [-0.3, -0.25) is 14.6 Å². The first-order chi connectivity index (χ1) is 12.9. The van der Waals surface area contributed by atoms with Crippen molar-refractivity contribution in [3.63, 3.8) is 0 Å². The number of benzene rings is 1. The summed E-state index contributed by atoms with van der Waals surface area (Å²) >= 11 is 0. The number of carbonyl (C=O) groups excluding carboxylic acids is 2. The summed E-state index contributed by atoms with van der Waals surface area (Å²) in [6.07, 6.45) is 1.84. The summed E-state index contributed by atoms with van der Waals surface area (Å²) < 4.78 is 0. The van der Waals surface area contributed by atoms with Gasteiger partial charge in [0, 0.05) is 12.6 Å². The lowest BCUT2D eigenvalue weighted by molar-refractivity contribution is -0.130. The topological polar surface area (TPSA) is 90.7 Å². The van der Waals surface area contributed by atoms with E-state index in [0.717, 1.165) is 0 Å². The molecule has 1 atom stereocenters. The third-order valence-electron chi connectivity index (χ3n) is 4.44. The van der Waals surface area contributed by atoms with Gasteiger partial charge in [-0.25, -0.2) is 0 Å². The Balaban J connectivity index is 2.05. The van der Waals surface area contributed by atoms with E-state index >= 15 is 0 Å². The normalized spacial score (nSPS) is 17.1. The number of hydrogen-bond acceptors (Lipinski definition) is 5. The maximum Gasteiger partial charge on any atom is 0.290 e. The van der Waals surface area contributed by atoms with Gasteiger partial charge in [0.25, 0.3) is 5.91 Å². The second-order valence-electron chi connectivity index (χ2n) is 7.04. The number of amides is 1. The van der Waals surface area contributed by atoms with Crippen LogP contribution in [0.15, 0.2) is 60.0 Å². The largest absolute Gasteiger partial charge is 0.508 e. The Hall–Kier alpha value is -3.15. The minimum Gasteiger partial charge on any atom is -0.508 e. The zero-order valence-electron chi connectivity index (χ0n) is 15.3. The predicted molar refractivity (Wildman–Crippen MR) is 99.8 cm³/mol. The zero-order chi connectivity index (χ0) is 19.6. The van der Waals surface area contributed by atoms with Crippen molar-refractivity contribution in [2.45, 2.75) is 32.9 Å². The molecule has 6 nitrogen and oxygen atoms in total. The Morgan fingerprint density at radius 1 is 1.19 bits per heavy atom. The van der Waals surface area contributed by atoms with Crippen molar-refractivity contribution < 1.29 is 19.8 Å². The van der Waals surface area contributed by atoms with Gasteiger partial charge < -0.3 is 15.1 Å². The van der Waals surface area contributed by atoms with Crippen LogP contribution in [0.5, 0.6) is 5.75 Å². The predicted octanol–water partition coefficient (Wildman–Crippen LogP) is 3.30. The fourth-order valence-corrected chi connectivity index (χ4v) is 3.29. The molecule has 0 fully saturated rings. The molecule has 140 valence electrons. The van der Waals surface area contributed by atoms with Crippen molar-refractivity contribution in [3.05, 3.63) is 71.3 Å². The molecule has 1 aliphatic rings. The highest BCUT2D eigenvalue weighted by Crippen LogP contribution is 2.40. The summed E-state index contributed by atoms with van der Waals surface area (Å²) in [4.78, 5) is 31.2. The molecular weight excluding hydrogens is 344 g/mol. The maximum atomic E-state index is 12.8. The molecule has 0 aliphatic carbocycles. The number of hydrogen-bond donors (Lipinski definition) is 2. The van der Waals surface area contributed by atoms with Crippen molar-refractivity contribution in [2.75, 3.05) is 0 Å². The van der Waals surface area contributed by atoms with Crippen molar-refractivity contribution in [1.82, 2.24) is 9.88 Å². The van der Waals surface area contributed by atoms with Gasteiger partial charge in [-0.05, 0) is 35.7 Å². The standard InChI is InChI=1S/C21H22N2O4/c1-13(2)10-17(25)18-19(14-6-5-8-16(24)11-14)23(21(27)20(18)26)12-15-7-3-4-9-22-15/h3-9,11,13,19,24,26H,10,12H2,1-2H3. The van der Waals surface area contributed by atoms with E-state index in [-0.39, 0.29) is 36.0 Å². The summed E-state index contributed by atoms with van der Waals surface area (Å²) in [7, 11) is 0. The number of phenolic OH excluding ortho intramolecular Hbond substituents is 1. The van der Waals surface area contributed by atoms with Gasteiger partial charge in [-0.2, -0.15) is 0 Å². The fourth-order valence-electron chi connectivity index (χ4n) is 3.29. The molecule has 1 unspecified atom stereocenters. The SMILES string of the molecule is CC(C)CC(=O)C1=C(O)C(=O)N(Cc2ccccn2)C1c1cccc(O)c1. The molecule has 1 aromatic heterocycles. The van der Waals surface area contributed by atoms with Crippen molar-refractivity contribution in [3.8, 4) is 5.75 Å². The first-order valence-electron chi connectivity index (χ1n) is 8.84. The van der Waals surface area contributed by atoms with Crippen molar-refractivity contribution in [2.24, 2.45) is 5.92 Å². The van der Waals surface area contributed by atoms with Crippen LogP contribution in [0.4, 0.5) is 0 Å². The third kappa shape index (κ3) is 3.84. The Morgan fingerprint density at radius 2 is 1.96 bits per heavy atom. The first-order valence-corrected chi connectivity index (χ1v) is 8.84. The molecule has 2 aromatic rings.